The predicted molar refractivity (Wildman–Crippen MR) is 63.5 cm³/mol. The van der Waals surface area contributed by atoms with E-state index in [9.17, 15) is 4.79 Å². The second-order valence-corrected chi connectivity index (χ2v) is 4.12. The van der Waals surface area contributed by atoms with Crippen molar-refractivity contribution in [3.8, 4) is 12.3 Å². The molecule has 16 heavy (non-hydrogen) atoms. The van der Waals surface area contributed by atoms with Gasteiger partial charge in [-0.3, -0.25) is 0 Å². The molecule has 0 aromatic carbocycles. The van der Waals surface area contributed by atoms with Crippen LogP contribution < -0.4 is 5.32 Å². The number of carbonyl (C=O) groups is 1. The first-order valence-electron chi connectivity index (χ1n) is 4.77. The van der Waals surface area contributed by atoms with Crippen LogP contribution >= 0.6 is 11.8 Å². The lowest BCUT2D eigenvalue weighted by Gasteiger charge is -2.02. The molecular weight excluding hydrogens is 226 g/mol. The van der Waals surface area contributed by atoms with Crippen molar-refractivity contribution in [2.45, 2.75) is 6.54 Å². The Kier molecular flexibility index (Phi) is 5.54. The van der Waals surface area contributed by atoms with Gasteiger partial charge in [0, 0.05) is 24.4 Å². The monoisotopic (exact) mass is 239 g/mol. The zero-order valence-electron chi connectivity index (χ0n) is 8.73. The molecule has 0 saturated heterocycles. The van der Waals surface area contributed by atoms with Crippen molar-refractivity contribution in [2.24, 2.45) is 0 Å². The van der Waals surface area contributed by atoms with Gasteiger partial charge in [-0.2, -0.15) is 0 Å². The van der Waals surface area contributed by atoms with Crippen molar-refractivity contribution in [3.05, 3.63) is 23.7 Å². The van der Waals surface area contributed by atoms with E-state index >= 15 is 0 Å². The van der Waals surface area contributed by atoms with Crippen LogP contribution in [0, 0.1) is 12.3 Å². The highest BCUT2D eigenvalue weighted by Gasteiger charge is 2.12. The van der Waals surface area contributed by atoms with Crippen molar-refractivity contribution in [2.75, 3.05) is 18.1 Å². The Morgan fingerprint density at radius 2 is 2.50 bits per heavy atom. The molecule has 0 saturated carbocycles. The molecule has 0 radical (unpaired) electrons. The van der Waals surface area contributed by atoms with E-state index in [1.54, 1.807) is 17.8 Å². The van der Waals surface area contributed by atoms with Crippen LogP contribution in [-0.2, 0) is 6.54 Å². The third kappa shape index (κ3) is 4.01. The summed E-state index contributed by atoms with van der Waals surface area (Å²) < 4.78 is 4.85. The lowest BCUT2D eigenvalue weighted by Crippen LogP contribution is -2.17. The predicted octanol–water partition coefficient (Wildman–Crippen LogP) is 1.43. The van der Waals surface area contributed by atoms with Crippen molar-refractivity contribution >= 4 is 17.7 Å². The molecule has 0 aliphatic rings. The van der Waals surface area contributed by atoms with Gasteiger partial charge in [0.05, 0.1) is 12.0 Å². The first kappa shape index (κ1) is 12.7. The third-order valence-electron chi connectivity index (χ3n) is 1.87. The standard InChI is InChI=1S/C11H13NO3S/c1-2-6-16-7-4-12-8-9-3-5-15-10(9)11(13)14/h1,3,5,12H,4,6-8H2,(H,13,14). The number of furan rings is 1. The largest absolute Gasteiger partial charge is 0.475 e. The van der Waals surface area contributed by atoms with Crippen molar-refractivity contribution < 1.29 is 14.3 Å². The third-order valence-corrected chi connectivity index (χ3v) is 2.73. The smallest absolute Gasteiger partial charge is 0.372 e. The van der Waals surface area contributed by atoms with Crippen LogP contribution in [0.3, 0.4) is 0 Å². The van der Waals surface area contributed by atoms with Gasteiger partial charge in [-0.05, 0) is 6.07 Å². The zero-order valence-corrected chi connectivity index (χ0v) is 9.55. The van der Waals surface area contributed by atoms with E-state index in [4.69, 9.17) is 15.9 Å². The molecular formula is C11H13NO3S. The molecule has 2 N–H and O–H groups in total. The molecule has 86 valence electrons. The molecule has 0 unspecified atom stereocenters. The van der Waals surface area contributed by atoms with E-state index < -0.39 is 5.97 Å². The molecule has 0 aliphatic carbocycles. The SMILES string of the molecule is C#CCSCCNCc1ccoc1C(=O)O. The average molecular weight is 239 g/mol. The summed E-state index contributed by atoms with van der Waals surface area (Å²) >= 11 is 1.66. The summed E-state index contributed by atoms with van der Waals surface area (Å²) in [4.78, 5) is 10.7. The average Bonchev–Trinajstić information content (AvgIpc) is 2.71. The molecule has 4 nitrogen and oxygen atoms in total. The summed E-state index contributed by atoms with van der Waals surface area (Å²) in [5.41, 5.74) is 0.662. The van der Waals surface area contributed by atoms with Crippen LogP contribution in [-0.4, -0.2) is 29.1 Å². The topological polar surface area (TPSA) is 62.5 Å². The summed E-state index contributed by atoms with van der Waals surface area (Å²) in [5.74, 6) is 3.11. The van der Waals surface area contributed by atoms with Gasteiger partial charge in [0.15, 0.2) is 0 Å². The van der Waals surface area contributed by atoms with Gasteiger partial charge >= 0.3 is 5.97 Å². The minimum atomic E-state index is -1.04. The minimum absolute atomic E-state index is 0.00350. The van der Waals surface area contributed by atoms with E-state index in [-0.39, 0.29) is 5.76 Å². The van der Waals surface area contributed by atoms with Crippen molar-refractivity contribution in [1.82, 2.24) is 5.32 Å². The maximum Gasteiger partial charge on any atom is 0.372 e. The Labute approximate surface area is 98.4 Å². The molecule has 0 aliphatic heterocycles. The normalized spacial score (nSPS) is 9.94. The number of rotatable bonds is 7. The number of hydrogen-bond donors (Lipinski definition) is 2. The van der Waals surface area contributed by atoms with Gasteiger partial charge < -0.3 is 14.8 Å². The van der Waals surface area contributed by atoms with Crippen LogP contribution in [0.25, 0.3) is 0 Å². The van der Waals surface area contributed by atoms with Crippen LogP contribution in [0.5, 0.6) is 0 Å². The Morgan fingerprint density at radius 1 is 1.69 bits per heavy atom. The quantitative estimate of drug-likeness (QED) is 0.557. The van der Waals surface area contributed by atoms with Crippen molar-refractivity contribution in [3.63, 3.8) is 0 Å². The molecule has 5 heteroatoms. The van der Waals surface area contributed by atoms with Gasteiger partial charge in [-0.1, -0.05) is 5.92 Å². The summed E-state index contributed by atoms with van der Waals surface area (Å²) in [6, 6.07) is 1.66. The first-order valence-corrected chi connectivity index (χ1v) is 5.92. The fraction of sp³-hybridized carbons (Fsp3) is 0.364. The fourth-order valence-corrected chi connectivity index (χ4v) is 1.71. The number of terminal acetylenes is 1. The Bertz CT molecular complexity index is 381. The summed E-state index contributed by atoms with van der Waals surface area (Å²) in [6.07, 6.45) is 6.49. The van der Waals surface area contributed by atoms with Gasteiger partial charge in [0.25, 0.3) is 0 Å². The Balaban J connectivity index is 2.24. The molecule has 0 bridgehead atoms. The molecule has 0 amide bonds. The molecule has 1 rings (SSSR count). The highest BCUT2D eigenvalue weighted by molar-refractivity contribution is 7.99. The molecule has 0 atom stereocenters. The highest BCUT2D eigenvalue weighted by atomic mass is 32.2. The lowest BCUT2D eigenvalue weighted by molar-refractivity contribution is 0.0660. The Hall–Kier alpha value is -1.38. The van der Waals surface area contributed by atoms with E-state index in [1.165, 1.54) is 6.26 Å². The van der Waals surface area contributed by atoms with Crippen LogP contribution in [0.2, 0.25) is 0 Å². The summed E-state index contributed by atoms with van der Waals surface area (Å²) in [7, 11) is 0. The Morgan fingerprint density at radius 3 is 3.19 bits per heavy atom. The van der Waals surface area contributed by atoms with E-state index in [2.05, 4.69) is 11.2 Å². The maximum atomic E-state index is 10.7. The van der Waals surface area contributed by atoms with Gasteiger partial charge in [0.1, 0.15) is 0 Å². The van der Waals surface area contributed by atoms with Crippen LogP contribution in [0.1, 0.15) is 16.1 Å². The minimum Gasteiger partial charge on any atom is -0.475 e. The highest BCUT2D eigenvalue weighted by Crippen LogP contribution is 2.09. The lowest BCUT2D eigenvalue weighted by atomic mass is 10.2. The zero-order chi connectivity index (χ0) is 11.8. The summed E-state index contributed by atoms with van der Waals surface area (Å²) in [6.45, 7) is 1.28. The second kappa shape index (κ2) is 6.99. The van der Waals surface area contributed by atoms with Gasteiger partial charge in [0.2, 0.25) is 5.76 Å². The molecule has 0 fully saturated rings. The number of nitrogens with one attached hydrogen (secondary N) is 1. The molecule has 1 aromatic heterocycles. The second-order valence-electron chi connectivity index (χ2n) is 3.01. The van der Waals surface area contributed by atoms with Crippen LogP contribution in [0.4, 0.5) is 0 Å². The fourth-order valence-electron chi connectivity index (χ4n) is 1.16. The number of hydrogen-bond acceptors (Lipinski definition) is 4. The van der Waals surface area contributed by atoms with E-state index in [0.29, 0.717) is 17.9 Å². The molecule has 1 aromatic rings. The van der Waals surface area contributed by atoms with Gasteiger partial charge in [-0.25, -0.2) is 4.79 Å². The summed E-state index contributed by atoms with van der Waals surface area (Å²) in [5, 5.41) is 11.9. The molecule has 1 heterocycles. The number of aromatic carboxylic acids is 1. The first-order chi connectivity index (χ1) is 7.75. The van der Waals surface area contributed by atoms with Gasteiger partial charge in [-0.15, -0.1) is 18.2 Å². The maximum absolute atomic E-state index is 10.7. The van der Waals surface area contributed by atoms with Crippen LogP contribution in [0.15, 0.2) is 16.7 Å². The number of carboxylic acid groups (broad SMARTS) is 1. The number of thioether (sulfide) groups is 1. The van der Waals surface area contributed by atoms with E-state index in [0.717, 1.165) is 12.3 Å². The number of carboxylic acids is 1. The van der Waals surface area contributed by atoms with Crippen molar-refractivity contribution in [1.29, 1.82) is 0 Å². The molecule has 0 spiro atoms. The van der Waals surface area contributed by atoms with E-state index in [1.807, 2.05) is 0 Å².